The number of hydrazone groups is 1. The Morgan fingerprint density at radius 3 is 2.46 bits per heavy atom. The van der Waals surface area contributed by atoms with Crippen molar-refractivity contribution in [3.8, 4) is 17.2 Å². The summed E-state index contributed by atoms with van der Waals surface area (Å²) in [6, 6.07) is 13.5. The summed E-state index contributed by atoms with van der Waals surface area (Å²) in [5.41, 5.74) is 2.16. The number of rotatable bonds is 10. The maximum atomic E-state index is 12.7. The van der Waals surface area contributed by atoms with Crippen LogP contribution in [-0.4, -0.2) is 47.3 Å². The van der Waals surface area contributed by atoms with Crippen molar-refractivity contribution >= 4 is 39.8 Å². The molecule has 1 amide bonds. The lowest BCUT2D eigenvalue weighted by atomic mass is 9.99. The lowest BCUT2D eigenvalue weighted by Gasteiger charge is -2.20. The van der Waals surface area contributed by atoms with Gasteiger partial charge in [-0.3, -0.25) is 10.2 Å². The van der Waals surface area contributed by atoms with Crippen LogP contribution in [0.2, 0.25) is 0 Å². The smallest absolute Gasteiger partial charge is 0.283 e. The highest BCUT2D eigenvalue weighted by Crippen LogP contribution is 2.33. The molecule has 2 aliphatic heterocycles. The van der Waals surface area contributed by atoms with E-state index in [1.165, 1.54) is 22.3 Å². The Labute approximate surface area is 221 Å². The lowest BCUT2D eigenvalue weighted by molar-refractivity contribution is -0.114. The number of fused-ring (bicyclic) bond motifs is 1. The third-order valence-corrected chi connectivity index (χ3v) is 7.34. The molecular weight excluding hydrogens is 488 g/mol. The highest BCUT2D eigenvalue weighted by Gasteiger charge is 2.36. The number of hydrogen-bond donors (Lipinski definition) is 1. The summed E-state index contributed by atoms with van der Waals surface area (Å²) in [5, 5.41) is 15.6. The van der Waals surface area contributed by atoms with Gasteiger partial charge in [-0.25, -0.2) is 0 Å². The first-order valence-electron chi connectivity index (χ1n) is 12.3. The van der Waals surface area contributed by atoms with E-state index in [0.717, 1.165) is 17.2 Å². The summed E-state index contributed by atoms with van der Waals surface area (Å²) in [7, 11) is 1.56. The molecule has 1 atom stereocenters. The summed E-state index contributed by atoms with van der Waals surface area (Å²) in [6.07, 6.45) is 2.72. The monoisotopic (exact) mass is 520 g/mol. The second-order valence-corrected chi connectivity index (χ2v) is 10.1. The third-order valence-electron chi connectivity index (χ3n) is 6.13. The number of methoxy groups -OCH3 is 1. The fourth-order valence-corrected chi connectivity index (χ4v) is 4.63. The third kappa shape index (κ3) is 6.05. The van der Waals surface area contributed by atoms with Gasteiger partial charge in [0.1, 0.15) is 24.0 Å². The molecule has 1 N–H and O–H groups in total. The van der Waals surface area contributed by atoms with Gasteiger partial charge in [-0.15, -0.1) is 0 Å². The number of benzene rings is 2. The van der Waals surface area contributed by atoms with Gasteiger partial charge in [-0.1, -0.05) is 45.9 Å². The molecule has 0 saturated carbocycles. The number of carbonyl (C=O) groups is 1. The number of aliphatic imine (C=N–C) groups is 1. The predicted octanol–water partition coefficient (Wildman–Crippen LogP) is 5.94. The van der Waals surface area contributed by atoms with E-state index in [0.29, 0.717) is 41.4 Å². The normalized spacial score (nSPS) is 17.0. The Kier molecular flexibility index (Phi) is 8.33. The Bertz CT molecular complexity index is 1270. The number of hydrogen-bond acceptors (Lipinski definition) is 7. The molecule has 4 rings (SSSR count). The highest BCUT2D eigenvalue weighted by molar-refractivity contribution is 8.27. The van der Waals surface area contributed by atoms with Crippen LogP contribution in [0.3, 0.4) is 0 Å². The molecule has 37 heavy (non-hydrogen) atoms. The fourth-order valence-electron chi connectivity index (χ4n) is 3.74. The molecule has 0 fully saturated rings. The van der Waals surface area contributed by atoms with Gasteiger partial charge >= 0.3 is 0 Å². The van der Waals surface area contributed by atoms with Gasteiger partial charge in [0.15, 0.2) is 17.3 Å². The van der Waals surface area contributed by atoms with Gasteiger partial charge in [0, 0.05) is 5.92 Å². The number of ether oxygens (including phenoxy) is 3. The van der Waals surface area contributed by atoms with Crippen molar-refractivity contribution < 1.29 is 19.0 Å². The summed E-state index contributed by atoms with van der Waals surface area (Å²) in [5.74, 6) is 2.14. The molecule has 0 aromatic heterocycles. The number of carbonyl (C=O) groups excluding carboxylic acids is 1. The van der Waals surface area contributed by atoms with E-state index in [4.69, 9.17) is 19.6 Å². The molecule has 8 nitrogen and oxygen atoms in total. The van der Waals surface area contributed by atoms with Gasteiger partial charge < -0.3 is 14.2 Å². The quantitative estimate of drug-likeness (QED) is 0.308. The average Bonchev–Trinajstić information content (AvgIpc) is 3.34. The van der Waals surface area contributed by atoms with Crippen LogP contribution >= 0.6 is 11.8 Å². The first-order valence-corrected chi connectivity index (χ1v) is 13.2. The van der Waals surface area contributed by atoms with Crippen LogP contribution in [0, 0.1) is 11.3 Å². The number of amides is 1. The standard InChI is InChI=1S/C28H32N4O4S/c1-6-18(4)20-8-10-21(11-9-20)35-13-14-36-23-12-7-19(16-24(23)34-5)15-22-25(29)32-28(30-26(22)33)37-27(31-32)17(2)3/h7-12,15-18,29H,6,13-14H2,1-5H3/b22-15-,29-25?. The van der Waals surface area contributed by atoms with E-state index in [9.17, 15) is 4.79 Å². The summed E-state index contributed by atoms with van der Waals surface area (Å²) < 4.78 is 17.2. The van der Waals surface area contributed by atoms with Gasteiger partial charge in [-0.2, -0.15) is 15.1 Å². The van der Waals surface area contributed by atoms with E-state index in [2.05, 4.69) is 36.1 Å². The van der Waals surface area contributed by atoms with Crippen LogP contribution in [0.5, 0.6) is 17.2 Å². The van der Waals surface area contributed by atoms with Crippen molar-refractivity contribution in [2.24, 2.45) is 16.0 Å². The molecule has 2 aromatic carbocycles. The Balaban J connectivity index is 1.39. The predicted molar refractivity (Wildman–Crippen MR) is 149 cm³/mol. The minimum Gasteiger partial charge on any atom is -0.493 e. The average molecular weight is 521 g/mol. The zero-order chi connectivity index (χ0) is 26.5. The lowest BCUT2D eigenvalue weighted by Crippen LogP contribution is -2.35. The van der Waals surface area contributed by atoms with Crippen LogP contribution in [0.15, 0.2) is 58.1 Å². The first kappa shape index (κ1) is 26.5. The number of nitrogens with one attached hydrogen (secondary N) is 1. The molecule has 9 heteroatoms. The van der Waals surface area contributed by atoms with Gasteiger partial charge in [0.25, 0.3) is 5.91 Å². The van der Waals surface area contributed by atoms with Crippen molar-refractivity contribution in [2.45, 2.75) is 40.0 Å². The van der Waals surface area contributed by atoms with Gasteiger partial charge in [0.05, 0.1) is 12.7 Å². The minimum absolute atomic E-state index is 0.00627. The fraction of sp³-hybridized carbons (Fsp3) is 0.357. The van der Waals surface area contributed by atoms with E-state index < -0.39 is 5.91 Å². The van der Waals surface area contributed by atoms with Crippen LogP contribution < -0.4 is 14.2 Å². The Morgan fingerprint density at radius 1 is 1.05 bits per heavy atom. The van der Waals surface area contributed by atoms with Crippen LogP contribution in [0.1, 0.15) is 51.2 Å². The number of amidine groups is 2. The van der Waals surface area contributed by atoms with Crippen LogP contribution in [0.25, 0.3) is 6.08 Å². The number of nitrogens with zero attached hydrogens (tertiary/aromatic N) is 3. The van der Waals surface area contributed by atoms with Crippen molar-refractivity contribution in [3.05, 3.63) is 59.2 Å². The molecule has 2 heterocycles. The van der Waals surface area contributed by atoms with Crippen molar-refractivity contribution in [2.75, 3.05) is 20.3 Å². The van der Waals surface area contributed by atoms with E-state index >= 15 is 0 Å². The molecule has 0 spiro atoms. The Hall–Kier alpha value is -3.59. The molecular formula is C28H32N4O4S. The Morgan fingerprint density at radius 2 is 1.78 bits per heavy atom. The zero-order valence-electron chi connectivity index (χ0n) is 21.8. The summed E-state index contributed by atoms with van der Waals surface area (Å²) in [4.78, 5) is 16.8. The van der Waals surface area contributed by atoms with Gasteiger partial charge in [0.2, 0.25) is 5.17 Å². The zero-order valence-corrected chi connectivity index (χ0v) is 22.6. The van der Waals surface area contributed by atoms with E-state index in [1.807, 2.05) is 26.0 Å². The first-order chi connectivity index (χ1) is 17.8. The largest absolute Gasteiger partial charge is 0.493 e. The van der Waals surface area contributed by atoms with E-state index in [1.54, 1.807) is 31.4 Å². The maximum Gasteiger partial charge on any atom is 0.283 e. The van der Waals surface area contributed by atoms with Crippen LogP contribution in [0.4, 0.5) is 0 Å². The molecule has 0 radical (unpaired) electrons. The molecule has 2 aliphatic rings. The van der Waals surface area contributed by atoms with E-state index in [-0.39, 0.29) is 17.3 Å². The summed E-state index contributed by atoms with van der Waals surface area (Å²) in [6.45, 7) is 9.14. The molecule has 0 aliphatic carbocycles. The van der Waals surface area contributed by atoms with Crippen LogP contribution in [-0.2, 0) is 4.79 Å². The van der Waals surface area contributed by atoms with Gasteiger partial charge in [-0.05, 0) is 65.6 Å². The maximum absolute atomic E-state index is 12.7. The topological polar surface area (TPSA) is 96.6 Å². The molecule has 194 valence electrons. The summed E-state index contributed by atoms with van der Waals surface area (Å²) >= 11 is 1.33. The van der Waals surface area contributed by atoms with Crippen molar-refractivity contribution in [1.82, 2.24) is 5.01 Å². The van der Waals surface area contributed by atoms with Crippen molar-refractivity contribution in [3.63, 3.8) is 0 Å². The second kappa shape index (κ2) is 11.6. The second-order valence-electron chi connectivity index (χ2n) is 9.10. The molecule has 1 unspecified atom stereocenters. The molecule has 0 saturated heterocycles. The molecule has 0 bridgehead atoms. The minimum atomic E-state index is -0.461. The molecule has 2 aromatic rings. The SMILES string of the molecule is CCC(C)c1ccc(OCCOc2ccc(/C=C3/C(=N)N4N=C(C(C)C)SC4=NC3=O)cc2OC)cc1. The van der Waals surface area contributed by atoms with Crippen molar-refractivity contribution in [1.29, 1.82) is 5.41 Å². The highest BCUT2D eigenvalue weighted by atomic mass is 32.2. The number of thioether (sulfide) groups is 1.